The number of hydrogen-bond donors (Lipinski definition) is 0. The molecule has 0 unspecified atom stereocenters. The topological polar surface area (TPSA) is 26.3 Å². The van der Waals surface area contributed by atoms with Gasteiger partial charge in [-0.25, -0.2) is 0 Å². The van der Waals surface area contributed by atoms with Gasteiger partial charge in [-0.3, -0.25) is 4.79 Å². The maximum Gasteiger partial charge on any atom is 0.166 e. The molecule has 0 aromatic heterocycles. The van der Waals surface area contributed by atoms with Gasteiger partial charge < -0.3 is 4.74 Å². The van der Waals surface area contributed by atoms with Gasteiger partial charge >= 0.3 is 0 Å². The summed E-state index contributed by atoms with van der Waals surface area (Å²) in [7, 11) is 0. The van der Waals surface area contributed by atoms with Gasteiger partial charge in [0, 0.05) is 22.6 Å². The van der Waals surface area contributed by atoms with Gasteiger partial charge in [0.15, 0.2) is 5.78 Å². The van der Waals surface area contributed by atoms with Crippen LogP contribution in [0, 0.1) is 11.3 Å². The molecule has 2 aliphatic rings. The third-order valence-corrected chi connectivity index (χ3v) is 6.96. The van der Waals surface area contributed by atoms with Crippen LogP contribution < -0.4 is 0 Å². The van der Waals surface area contributed by atoms with Crippen molar-refractivity contribution in [2.75, 3.05) is 12.4 Å². The molecule has 1 aromatic carbocycles. The third-order valence-electron chi connectivity index (χ3n) is 5.33. The predicted octanol–water partition coefficient (Wildman–Crippen LogP) is 4.71. The Morgan fingerprint density at radius 1 is 1.45 bits per heavy atom. The molecular weight excluding hydrogens is 292 g/mol. The lowest BCUT2D eigenvalue weighted by Crippen LogP contribution is -2.53. The second-order valence-electron chi connectivity index (χ2n) is 6.54. The van der Waals surface area contributed by atoms with Crippen molar-refractivity contribution in [3.05, 3.63) is 48.6 Å². The first-order chi connectivity index (χ1) is 10.6. The van der Waals surface area contributed by atoms with E-state index in [0.717, 1.165) is 43.6 Å². The quantitative estimate of drug-likeness (QED) is 0.594. The molecule has 1 saturated carbocycles. The van der Waals surface area contributed by atoms with Crippen LogP contribution in [0.5, 0.6) is 0 Å². The minimum atomic E-state index is -0.214. The second-order valence-corrected chi connectivity index (χ2v) is 7.89. The molecule has 1 heterocycles. The monoisotopic (exact) mass is 316 g/mol. The summed E-state index contributed by atoms with van der Waals surface area (Å²) in [5.74, 6) is 1.30. The molecule has 1 spiro atoms. The molecule has 2 nitrogen and oxygen atoms in total. The highest BCUT2D eigenvalue weighted by Crippen LogP contribution is 2.60. The first-order valence-corrected chi connectivity index (χ1v) is 9.10. The van der Waals surface area contributed by atoms with Gasteiger partial charge in [-0.05, 0) is 25.7 Å². The fraction of sp³-hybridized carbons (Fsp3) is 0.526. The van der Waals surface area contributed by atoms with Crippen LogP contribution in [0.25, 0.3) is 0 Å². The van der Waals surface area contributed by atoms with Gasteiger partial charge in [-0.1, -0.05) is 43.3 Å². The Balaban J connectivity index is 1.98. The summed E-state index contributed by atoms with van der Waals surface area (Å²) in [5.41, 5.74) is 0.643. The number of Topliss-reactive ketones (excluding diaryl/α,β-unsaturated/α-hetero) is 1. The van der Waals surface area contributed by atoms with Gasteiger partial charge in [0.25, 0.3) is 0 Å². The minimum Gasteiger partial charge on any atom is -0.363 e. The van der Waals surface area contributed by atoms with E-state index < -0.39 is 0 Å². The SMILES string of the molecule is C=CC[C@@]1(C)[C@@H](C(=O)c2ccccc2)CCC[C@@]12OCCS2. The average Bonchev–Trinajstić information content (AvgIpc) is 3.01. The normalized spacial score (nSPS) is 34.7. The van der Waals surface area contributed by atoms with Crippen molar-refractivity contribution in [2.45, 2.75) is 37.5 Å². The first-order valence-electron chi connectivity index (χ1n) is 8.11. The van der Waals surface area contributed by atoms with E-state index in [1.165, 1.54) is 0 Å². The van der Waals surface area contributed by atoms with Crippen molar-refractivity contribution in [3.63, 3.8) is 0 Å². The van der Waals surface area contributed by atoms with E-state index in [0.29, 0.717) is 0 Å². The Hall–Kier alpha value is -1.06. The Morgan fingerprint density at radius 3 is 2.86 bits per heavy atom. The zero-order valence-electron chi connectivity index (χ0n) is 13.2. The van der Waals surface area contributed by atoms with Crippen LogP contribution >= 0.6 is 11.8 Å². The number of carbonyl (C=O) groups is 1. The molecule has 3 atom stereocenters. The van der Waals surface area contributed by atoms with Crippen molar-refractivity contribution in [2.24, 2.45) is 11.3 Å². The number of thioether (sulfide) groups is 1. The van der Waals surface area contributed by atoms with Gasteiger partial charge in [0.05, 0.1) is 6.61 Å². The number of carbonyl (C=O) groups excluding carboxylic acids is 1. The molecule has 0 amide bonds. The average molecular weight is 316 g/mol. The van der Waals surface area contributed by atoms with Gasteiger partial charge in [0.2, 0.25) is 0 Å². The van der Waals surface area contributed by atoms with Crippen LogP contribution in [0.2, 0.25) is 0 Å². The van der Waals surface area contributed by atoms with Crippen LogP contribution in [0.4, 0.5) is 0 Å². The lowest BCUT2D eigenvalue weighted by Gasteiger charge is -2.52. The molecule has 0 bridgehead atoms. The molecule has 22 heavy (non-hydrogen) atoms. The molecular formula is C19H24O2S. The number of benzene rings is 1. The first kappa shape index (κ1) is 15.8. The molecule has 1 aliphatic heterocycles. The summed E-state index contributed by atoms with van der Waals surface area (Å²) in [6.45, 7) is 6.97. The van der Waals surface area contributed by atoms with Crippen LogP contribution in [0.15, 0.2) is 43.0 Å². The summed E-state index contributed by atoms with van der Waals surface area (Å²) in [6.07, 6.45) is 5.83. The van der Waals surface area contributed by atoms with E-state index in [4.69, 9.17) is 4.74 Å². The lowest BCUT2D eigenvalue weighted by atomic mass is 9.61. The Kier molecular flexibility index (Phi) is 4.47. The summed E-state index contributed by atoms with van der Waals surface area (Å²) in [4.78, 5) is 12.9. The number of allylic oxidation sites excluding steroid dienone is 1. The Morgan fingerprint density at radius 2 is 2.23 bits per heavy atom. The highest BCUT2D eigenvalue weighted by Gasteiger charge is 2.58. The van der Waals surface area contributed by atoms with Gasteiger partial charge in [-0.2, -0.15) is 0 Å². The molecule has 1 saturated heterocycles. The van der Waals surface area contributed by atoms with Gasteiger partial charge in [-0.15, -0.1) is 18.3 Å². The molecule has 118 valence electrons. The van der Waals surface area contributed by atoms with Crippen LogP contribution in [0.3, 0.4) is 0 Å². The van der Waals surface area contributed by atoms with Gasteiger partial charge in [0.1, 0.15) is 4.93 Å². The largest absolute Gasteiger partial charge is 0.363 e. The number of ketones is 1. The zero-order chi connectivity index (χ0) is 15.6. The highest BCUT2D eigenvalue weighted by atomic mass is 32.2. The summed E-state index contributed by atoms with van der Waals surface area (Å²) >= 11 is 1.91. The van der Waals surface area contributed by atoms with Crippen LogP contribution in [-0.4, -0.2) is 23.1 Å². The van der Waals surface area contributed by atoms with Crippen molar-refractivity contribution in [1.82, 2.24) is 0 Å². The molecule has 3 heteroatoms. The highest BCUT2D eigenvalue weighted by molar-refractivity contribution is 8.00. The fourth-order valence-corrected chi connectivity index (χ4v) is 5.67. The molecule has 0 radical (unpaired) electrons. The van der Waals surface area contributed by atoms with E-state index in [1.54, 1.807) is 0 Å². The number of hydrogen-bond acceptors (Lipinski definition) is 3. The van der Waals surface area contributed by atoms with E-state index in [-0.39, 0.29) is 22.0 Å². The van der Waals surface area contributed by atoms with Crippen molar-refractivity contribution in [3.8, 4) is 0 Å². The lowest BCUT2D eigenvalue weighted by molar-refractivity contribution is -0.0900. The second kappa shape index (κ2) is 6.21. The Bertz CT molecular complexity index is 548. The molecule has 1 aliphatic carbocycles. The fourth-order valence-electron chi connectivity index (χ4n) is 4.16. The summed E-state index contributed by atoms with van der Waals surface area (Å²) in [5, 5.41) is 0. The van der Waals surface area contributed by atoms with Crippen LogP contribution in [-0.2, 0) is 4.74 Å². The number of rotatable bonds is 4. The zero-order valence-corrected chi connectivity index (χ0v) is 14.0. The van der Waals surface area contributed by atoms with Crippen molar-refractivity contribution in [1.29, 1.82) is 0 Å². The minimum absolute atomic E-state index is 0.00671. The Labute approximate surface area is 137 Å². The maximum atomic E-state index is 13.1. The standard InChI is InChI=1S/C19H24O2S/c1-3-11-18(2)16(17(20)15-8-5-4-6-9-15)10-7-12-19(18)21-13-14-22-19/h3-6,8-9,16H,1,7,10-14H2,2H3/t16-,18+,19+/m1/s1. The van der Waals surface area contributed by atoms with Crippen molar-refractivity contribution >= 4 is 17.5 Å². The maximum absolute atomic E-state index is 13.1. The van der Waals surface area contributed by atoms with E-state index in [2.05, 4.69) is 13.5 Å². The summed E-state index contributed by atoms with van der Waals surface area (Å²) < 4.78 is 6.23. The summed E-state index contributed by atoms with van der Waals surface area (Å²) in [6, 6.07) is 9.70. The van der Waals surface area contributed by atoms with E-state index in [9.17, 15) is 4.79 Å². The molecule has 1 aromatic rings. The molecule has 2 fully saturated rings. The van der Waals surface area contributed by atoms with E-state index >= 15 is 0 Å². The third kappa shape index (κ3) is 2.44. The smallest absolute Gasteiger partial charge is 0.166 e. The van der Waals surface area contributed by atoms with Crippen molar-refractivity contribution < 1.29 is 9.53 Å². The molecule has 0 N–H and O–H groups in total. The number of ether oxygens (including phenoxy) is 1. The molecule has 3 rings (SSSR count). The van der Waals surface area contributed by atoms with E-state index in [1.807, 2.05) is 48.2 Å². The predicted molar refractivity (Wildman–Crippen MR) is 92.2 cm³/mol. The van der Waals surface area contributed by atoms with Crippen LogP contribution in [0.1, 0.15) is 43.0 Å².